The van der Waals surface area contributed by atoms with Crippen molar-refractivity contribution in [2.75, 3.05) is 12.8 Å². The Bertz CT molecular complexity index is 691. The fraction of sp³-hybridized carbons (Fsp3) is 0.417. The van der Waals surface area contributed by atoms with Crippen molar-refractivity contribution in [2.45, 2.75) is 24.0 Å². The molecule has 5 nitrogen and oxygen atoms in total. The number of rotatable bonds is 5. The van der Waals surface area contributed by atoms with E-state index in [1.165, 1.54) is 19.1 Å². The van der Waals surface area contributed by atoms with Crippen LogP contribution < -0.4 is 5.32 Å². The van der Waals surface area contributed by atoms with Crippen LogP contribution in [0.3, 0.4) is 0 Å². The van der Waals surface area contributed by atoms with Crippen LogP contribution in [-0.4, -0.2) is 36.6 Å². The topological polar surface area (TPSA) is 80.3 Å². The zero-order valence-electron chi connectivity index (χ0n) is 11.6. The van der Waals surface area contributed by atoms with Gasteiger partial charge in [-0.05, 0) is 31.5 Å². The van der Waals surface area contributed by atoms with E-state index < -0.39 is 25.8 Å². The Hall–Kier alpha value is -0.440. The number of hydrogen-bond acceptors (Lipinski definition) is 4. The molecule has 1 amide bonds. The lowest BCUT2D eigenvalue weighted by molar-refractivity contribution is 0.0953. The molecule has 0 aromatic heterocycles. The van der Waals surface area contributed by atoms with Gasteiger partial charge in [-0.2, -0.15) is 0 Å². The number of halogens is 2. The molecule has 0 spiro atoms. The van der Waals surface area contributed by atoms with E-state index in [1.807, 2.05) is 0 Å². The Kier molecular flexibility index (Phi) is 6.39. The second-order valence-electron chi connectivity index (χ2n) is 4.53. The molecule has 0 aliphatic carbocycles. The van der Waals surface area contributed by atoms with Gasteiger partial charge >= 0.3 is 0 Å². The lowest BCUT2D eigenvalue weighted by Crippen LogP contribution is -2.33. The van der Waals surface area contributed by atoms with E-state index in [2.05, 4.69) is 21.2 Å². The Labute approximate surface area is 139 Å². The van der Waals surface area contributed by atoms with E-state index in [9.17, 15) is 17.4 Å². The number of nitrogens with one attached hydrogen (secondary N) is 1. The molecule has 0 saturated heterocycles. The van der Waals surface area contributed by atoms with Gasteiger partial charge in [0.05, 0.1) is 4.90 Å². The van der Waals surface area contributed by atoms with Crippen molar-refractivity contribution < 1.29 is 17.4 Å². The lowest BCUT2D eigenvalue weighted by atomic mass is 10.1. The van der Waals surface area contributed by atoms with Gasteiger partial charge in [0, 0.05) is 49.6 Å². The number of hydrogen-bond donors (Lipinski definition) is 1. The second kappa shape index (κ2) is 7.21. The SMILES string of the molecule is Cc1c(C(=O)NCC(C)S(C)=O)cc(Br)cc1S(=O)(=O)Cl. The van der Waals surface area contributed by atoms with Crippen LogP contribution in [0.15, 0.2) is 21.5 Å². The number of amides is 1. The molecule has 1 aromatic rings. The van der Waals surface area contributed by atoms with E-state index in [1.54, 1.807) is 13.2 Å². The lowest BCUT2D eigenvalue weighted by Gasteiger charge is -2.13. The molecular formula is C12H15BrClNO4S2. The van der Waals surface area contributed by atoms with Crippen molar-refractivity contribution in [3.05, 3.63) is 27.7 Å². The maximum atomic E-state index is 12.2. The minimum atomic E-state index is -3.94. The first-order chi connectivity index (χ1) is 9.54. The Morgan fingerprint density at radius 3 is 2.52 bits per heavy atom. The first-order valence-corrected chi connectivity index (χ1v) is 10.6. The van der Waals surface area contributed by atoms with Gasteiger partial charge in [-0.3, -0.25) is 9.00 Å². The summed E-state index contributed by atoms with van der Waals surface area (Å²) in [6, 6.07) is 2.86. The summed E-state index contributed by atoms with van der Waals surface area (Å²) < 4.78 is 34.7. The van der Waals surface area contributed by atoms with Crippen LogP contribution >= 0.6 is 26.6 Å². The molecule has 1 aromatic carbocycles. The van der Waals surface area contributed by atoms with E-state index in [0.717, 1.165) is 0 Å². The monoisotopic (exact) mass is 415 g/mol. The first kappa shape index (κ1) is 18.6. The van der Waals surface area contributed by atoms with Crippen LogP contribution in [0, 0.1) is 6.92 Å². The zero-order valence-corrected chi connectivity index (χ0v) is 15.6. The van der Waals surface area contributed by atoms with Crippen molar-refractivity contribution >= 4 is 52.4 Å². The van der Waals surface area contributed by atoms with Gasteiger partial charge in [-0.1, -0.05) is 15.9 Å². The van der Waals surface area contributed by atoms with Gasteiger partial charge in [-0.15, -0.1) is 0 Å². The van der Waals surface area contributed by atoms with Crippen LogP contribution in [0.25, 0.3) is 0 Å². The standard InChI is InChI=1S/C12H15BrClNO4S2/c1-7(20(3)17)6-15-12(16)10-4-9(13)5-11(8(10)2)21(14,18)19/h4-5,7H,6H2,1-3H3,(H,15,16). The average molecular weight is 417 g/mol. The Morgan fingerprint density at radius 1 is 1.48 bits per heavy atom. The van der Waals surface area contributed by atoms with Crippen LogP contribution in [0.5, 0.6) is 0 Å². The van der Waals surface area contributed by atoms with Gasteiger partial charge in [-0.25, -0.2) is 8.42 Å². The molecule has 0 fully saturated rings. The molecule has 1 rings (SSSR count). The Balaban J connectivity index is 3.11. The van der Waals surface area contributed by atoms with Crippen LogP contribution in [0.4, 0.5) is 0 Å². The minimum Gasteiger partial charge on any atom is -0.351 e. The predicted octanol–water partition coefficient (Wildman–Crippen LogP) is 2.18. The molecule has 9 heteroatoms. The molecule has 2 unspecified atom stereocenters. The third-order valence-electron chi connectivity index (χ3n) is 2.95. The molecule has 0 heterocycles. The third-order valence-corrected chi connectivity index (χ3v) is 6.15. The highest BCUT2D eigenvalue weighted by Crippen LogP contribution is 2.27. The number of carbonyl (C=O) groups is 1. The van der Waals surface area contributed by atoms with Crippen molar-refractivity contribution in [1.29, 1.82) is 0 Å². The van der Waals surface area contributed by atoms with Crippen molar-refractivity contribution in [2.24, 2.45) is 0 Å². The molecule has 0 aliphatic rings. The minimum absolute atomic E-state index is 0.115. The second-order valence-corrected chi connectivity index (χ2v) is 9.79. The fourth-order valence-electron chi connectivity index (χ4n) is 1.59. The van der Waals surface area contributed by atoms with Crippen LogP contribution in [0.1, 0.15) is 22.8 Å². The quantitative estimate of drug-likeness (QED) is 0.746. The maximum Gasteiger partial charge on any atom is 0.261 e. The maximum absolute atomic E-state index is 12.2. The highest BCUT2D eigenvalue weighted by Gasteiger charge is 2.21. The average Bonchev–Trinajstić information content (AvgIpc) is 2.36. The van der Waals surface area contributed by atoms with E-state index >= 15 is 0 Å². The molecule has 0 radical (unpaired) electrons. The summed E-state index contributed by atoms with van der Waals surface area (Å²) in [5, 5.41) is 2.44. The van der Waals surface area contributed by atoms with E-state index in [4.69, 9.17) is 10.7 Å². The molecule has 0 aliphatic heterocycles. The largest absolute Gasteiger partial charge is 0.351 e. The highest BCUT2D eigenvalue weighted by molar-refractivity contribution is 9.10. The van der Waals surface area contributed by atoms with Crippen molar-refractivity contribution in [1.82, 2.24) is 5.32 Å². The third kappa shape index (κ3) is 5.05. The molecule has 0 saturated carbocycles. The normalized spacial score (nSPS) is 14.5. The summed E-state index contributed by atoms with van der Waals surface area (Å²) in [7, 11) is 0.366. The summed E-state index contributed by atoms with van der Waals surface area (Å²) in [5.41, 5.74) is 0.480. The summed E-state index contributed by atoms with van der Waals surface area (Å²) in [5.74, 6) is -0.437. The summed E-state index contributed by atoms with van der Waals surface area (Å²) in [6.45, 7) is 3.49. The molecular weight excluding hydrogens is 402 g/mol. The van der Waals surface area contributed by atoms with E-state index in [-0.39, 0.29) is 27.8 Å². The van der Waals surface area contributed by atoms with Gasteiger partial charge < -0.3 is 5.32 Å². The Morgan fingerprint density at radius 2 is 2.05 bits per heavy atom. The van der Waals surface area contributed by atoms with E-state index in [0.29, 0.717) is 4.47 Å². The molecule has 0 bridgehead atoms. The first-order valence-electron chi connectivity index (χ1n) is 5.89. The van der Waals surface area contributed by atoms with Crippen molar-refractivity contribution in [3.8, 4) is 0 Å². The zero-order chi connectivity index (χ0) is 16.4. The molecule has 1 N–H and O–H groups in total. The van der Waals surface area contributed by atoms with Crippen molar-refractivity contribution in [3.63, 3.8) is 0 Å². The summed E-state index contributed by atoms with van der Waals surface area (Å²) in [4.78, 5) is 12.0. The molecule has 21 heavy (non-hydrogen) atoms. The van der Waals surface area contributed by atoms with Crippen LogP contribution in [0.2, 0.25) is 0 Å². The number of benzene rings is 1. The molecule has 118 valence electrons. The molecule has 2 atom stereocenters. The fourth-order valence-corrected chi connectivity index (χ4v) is 3.74. The van der Waals surface area contributed by atoms with Gasteiger partial charge in [0.1, 0.15) is 0 Å². The summed E-state index contributed by atoms with van der Waals surface area (Å²) in [6.07, 6.45) is 1.55. The highest BCUT2D eigenvalue weighted by atomic mass is 79.9. The predicted molar refractivity (Wildman–Crippen MR) is 87.8 cm³/mol. The number of carbonyl (C=O) groups excluding carboxylic acids is 1. The summed E-state index contributed by atoms with van der Waals surface area (Å²) >= 11 is 3.16. The van der Waals surface area contributed by atoms with Gasteiger partial charge in [0.25, 0.3) is 15.0 Å². The van der Waals surface area contributed by atoms with Crippen LogP contribution in [-0.2, 0) is 19.9 Å². The van der Waals surface area contributed by atoms with Gasteiger partial charge in [0.2, 0.25) is 0 Å². The smallest absolute Gasteiger partial charge is 0.261 e. The van der Waals surface area contributed by atoms with Gasteiger partial charge in [0.15, 0.2) is 0 Å².